The summed E-state index contributed by atoms with van der Waals surface area (Å²) in [6.07, 6.45) is 3.59. The maximum absolute atomic E-state index is 12.8. The zero-order valence-corrected chi connectivity index (χ0v) is 14.7. The molecule has 128 valence electrons. The monoisotopic (exact) mass is 354 g/mol. The van der Waals surface area contributed by atoms with Crippen LogP contribution in [0.15, 0.2) is 24.3 Å². The fourth-order valence-electron chi connectivity index (χ4n) is 3.49. The molecule has 1 saturated heterocycles. The zero-order chi connectivity index (χ0) is 17.0. The Morgan fingerprint density at radius 1 is 1.08 bits per heavy atom. The molecule has 0 bridgehead atoms. The Labute approximate surface area is 151 Å². The van der Waals surface area contributed by atoms with Crippen molar-refractivity contribution in [2.24, 2.45) is 0 Å². The average molecular weight is 355 g/mol. The van der Waals surface area contributed by atoms with Gasteiger partial charge in [0.15, 0.2) is 0 Å². The van der Waals surface area contributed by atoms with Crippen molar-refractivity contribution in [3.8, 4) is 0 Å². The Morgan fingerprint density at radius 2 is 1.84 bits per heavy atom. The van der Waals surface area contributed by atoms with Gasteiger partial charge in [-0.15, -0.1) is 0 Å². The molecule has 3 aliphatic rings. The van der Waals surface area contributed by atoms with Crippen LogP contribution in [0.4, 0.5) is 5.82 Å². The van der Waals surface area contributed by atoms with E-state index in [4.69, 9.17) is 21.6 Å². The van der Waals surface area contributed by atoms with Crippen LogP contribution in [0.1, 0.15) is 52.6 Å². The van der Waals surface area contributed by atoms with E-state index in [9.17, 15) is 4.79 Å². The Kier molecular flexibility index (Phi) is 3.45. The highest BCUT2D eigenvalue weighted by atomic mass is 35.5. The highest BCUT2D eigenvalue weighted by Crippen LogP contribution is 2.41. The molecule has 2 aliphatic heterocycles. The van der Waals surface area contributed by atoms with Crippen molar-refractivity contribution in [2.75, 3.05) is 18.0 Å². The van der Waals surface area contributed by atoms with Crippen molar-refractivity contribution in [2.45, 2.75) is 38.3 Å². The van der Waals surface area contributed by atoms with Crippen LogP contribution in [0.5, 0.6) is 0 Å². The summed E-state index contributed by atoms with van der Waals surface area (Å²) in [4.78, 5) is 26.7. The highest BCUT2D eigenvalue weighted by molar-refractivity contribution is 6.30. The number of carbonyl (C=O) groups is 1. The molecule has 5 rings (SSSR count). The van der Waals surface area contributed by atoms with Gasteiger partial charge in [-0.2, -0.15) is 0 Å². The first-order valence-electron chi connectivity index (χ1n) is 8.88. The molecular weight excluding hydrogens is 336 g/mol. The van der Waals surface area contributed by atoms with Gasteiger partial charge in [0.05, 0.1) is 18.8 Å². The van der Waals surface area contributed by atoms with E-state index in [1.165, 1.54) is 19.3 Å². The maximum atomic E-state index is 12.8. The molecule has 1 saturated carbocycles. The van der Waals surface area contributed by atoms with Crippen LogP contribution in [-0.2, 0) is 13.1 Å². The lowest BCUT2D eigenvalue weighted by atomic mass is 10.1. The number of rotatable bonds is 3. The van der Waals surface area contributed by atoms with Gasteiger partial charge in [0.2, 0.25) is 0 Å². The number of aromatic nitrogens is 2. The topological polar surface area (TPSA) is 49.3 Å². The van der Waals surface area contributed by atoms with Gasteiger partial charge in [-0.25, -0.2) is 9.97 Å². The molecule has 0 N–H and O–H groups in total. The minimum Gasteiger partial charge on any atom is -0.356 e. The number of nitrogens with zero attached hydrogens (tertiary/aromatic N) is 4. The van der Waals surface area contributed by atoms with Gasteiger partial charge in [0.1, 0.15) is 11.6 Å². The summed E-state index contributed by atoms with van der Waals surface area (Å²) < 4.78 is 0. The normalized spacial score (nSPS) is 18.9. The molecule has 0 radical (unpaired) electrons. The van der Waals surface area contributed by atoms with Crippen LogP contribution in [0.3, 0.4) is 0 Å². The smallest absolute Gasteiger partial charge is 0.254 e. The number of halogens is 1. The SMILES string of the molecule is O=C(c1ccc(Cl)cc1)N1Cc2nc(C3CC3)nc(N3CCC3)c2C1. The zero-order valence-electron chi connectivity index (χ0n) is 13.9. The average Bonchev–Trinajstić information content (AvgIpc) is 3.32. The van der Waals surface area contributed by atoms with E-state index in [1.54, 1.807) is 24.3 Å². The van der Waals surface area contributed by atoms with Gasteiger partial charge in [-0.1, -0.05) is 11.6 Å². The van der Waals surface area contributed by atoms with E-state index < -0.39 is 0 Å². The summed E-state index contributed by atoms with van der Waals surface area (Å²) in [5.41, 5.74) is 2.82. The molecule has 1 amide bonds. The van der Waals surface area contributed by atoms with Gasteiger partial charge in [-0.3, -0.25) is 4.79 Å². The fourth-order valence-corrected chi connectivity index (χ4v) is 3.61. The van der Waals surface area contributed by atoms with Crippen molar-refractivity contribution in [3.63, 3.8) is 0 Å². The summed E-state index contributed by atoms with van der Waals surface area (Å²) in [5, 5.41) is 0.640. The van der Waals surface area contributed by atoms with Crippen molar-refractivity contribution >= 4 is 23.3 Å². The molecule has 0 atom stereocenters. The van der Waals surface area contributed by atoms with Crippen LogP contribution in [0.2, 0.25) is 5.02 Å². The van der Waals surface area contributed by atoms with Crippen molar-refractivity contribution in [1.29, 1.82) is 0 Å². The van der Waals surface area contributed by atoms with Crippen LogP contribution >= 0.6 is 11.6 Å². The number of hydrogen-bond donors (Lipinski definition) is 0. The minimum atomic E-state index is 0.0252. The second-order valence-electron chi connectivity index (χ2n) is 7.11. The quantitative estimate of drug-likeness (QED) is 0.848. The van der Waals surface area contributed by atoms with Crippen LogP contribution in [-0.4, -0.2) is 33.9 Å². The molecular formula is C19H19ClN4O. The van der Waals surface area contributed by atoms with Crippen molar-refractivity contribution < 1.29 is 4.79 Å². The summed E-state index contributed by atoms with van der Waals surface area (Å²) >= 11 is 5.93. The number of hydrogen-bond acceptors (Lipinski definition) is 4. The van der Waals surface area contributed by atoms with Gasteiger partial charge in [-0.05, 0) is 43.5 Å². The summed E-state index contributed by atoms with van der Waals surface area (Å²) in [6.45, 7) is 3.27. The van der Waals surface area contributed by atoms with Crippen LogP contribution in [0, 0.1) is 0 Å². The molecule has 1 aromatic heterocycles. The predicted molar refractivity (Wildman–Crippen MR) is 95.9 cm³/mol. The van der Waals surface area contributed by atoms with E-state index in [2.05, 4.69) is 4.90 Å². The standard InChI is InChI=1S/C19H19ClN4O/c20-14-6-4-13(5-7-14)19(25)24-10-15-16(11-24)21-17(12-2-3-12)22-18(15)23-8-1-9-23/h4-7,12H,1-3,8-11H2. The van der Waals surface area contributed by atoms with Gasteiger partial charge in [0.25, 0.3) is 5.91 Å². The number of anilines is 1. The van der Waals surface area contributed by atoms with E-state index in [0.29, 0.717) is 29.6 Å². The number of carbonyl (C=O) groups excluding carboxylic acids is 1. The van der Waals surface area contributed by atoms with Crippen molar-refractivity contribution in [3.05, 3.63) is 51.9 Å². The molecule has 2 fully saturated rings. The molecule has 5 nitrogen and oxygen atoms in total. The maximum Gasteiger partial charge on any atom is 0.254 e. The van der Waals surface area contributed by atoms with Gasteiger partial charge in [0, 0.05) is 35.2 Å². The lowest BCUT2D eigenvalue weighted by Gasteiger charge is -2.33. The third-order valence-electron chi connectivity index (χ3n) is 5.25. The second-order valence-corrected chi connectivity index (χ2v) is 7.55. The second kappa shape index (κ2) is 5.70. The highest BCUT2D eigenvalue weighted by Gasteiger charge is 2.35. The van der Waals surface area contributed by atoms with Gasteiger partial charge < -0.3 is 9.80 Å². The Hall–Kier alpha value is -2.14. The summed E-state index contributed by atoms with van der Waals surface area (Å²) in [7, 11) is 0. The summed E-state index contributed by atoms with van der Waals surface area (Å²) in [6, 6.07) is 7.08. The number of amides is 1. The van der Waals surface area contributed by atoms with E-state index in [1.807, 2.05) is 4.90 Å². The third-order valence-corrected chi connectivity index (χ3v) is 5.51. The lowest BCUT2D eigenvalue weighted by Crippen LogP contribution is -2.38. The van der Waals surface area contributed by atoms with Crippen molar-refractivity contribution in [1.82, 2.24) is 14.9 Å². The molecule has 6 heteroatoms. The third kappa shape index (κ3) is 2.67. The first-order chi connectivity index (χ1) is 12.2. The molecule has 2 aromatic rings. The minimum absolute atomic E-state index is 0.0252. The Bertz CT molecular complexity index is 843. The van der Waals surface area contributed by atoms with Gasteiger partial charge >= 0.3 is 0 Å². The largest absolute Gasteiger partial charge is 0.356 e. The lowest BCUT2D eigenvalue weighted by molar-refractivity contribution is 0.0750. The predicted octanol–water partition coefficient (Wildman–Crippen LogP) is 3.37. The van der Waals surface area contributed by atoms with Crippen LogP contribution in [0.25, 0.3) is 0 Å². The molecule has 0 spiro atoms. The number of benzene rings is 1. The Morgan fingerprint density at radius 3 is 2.48 bits per heavy atom. The molecule has 0 unspecified atom stereocenters. The molecule has 1 aliphatic carbocycles. The van der Waals surface area contributed by atoms with E-state index >= 15 is 0 Å². The Balaban J connectivity index is 1.46. The van der Waals surface area contributed by atoms with Crippen LogP contribution < -0.4 is 4.90 Å². The fraction of sp³-hybridized carbons (Fsp3) is 0.421. The molecule has 25 heavy (non-hydrogen) atoms. The molecule has 1 aromatic carbocycles. The number of fused-ring (bicyclic) bond motifs is 1. The first kappa shape index (κ1) is 15.1. The first-order valence-corrected chi connectivity index (χ1v) is 9.26. The van der Waals surface area contributed by atoms with E-state index in [-0.39, 0.29) is 5.91 Å². The summed E-state index contributed by atoms with van der Waals surface area (Å²) in [5.74, 6) is 2.58. The van der Waals surface area contributed by atoms with E-state index in [0.717, 1.165) is 36.0 Å². The molecule has 3 heterocycles.